The summed E-state index contributed by atoms with van der Waals surface area (Å²) in [5.74, 6) is -0.489. The van der Waals surface area contributed by atoms with Crippen LogP contribution in [0.25, 0.3) is 0 Å². The molecule has 0 saturated carbocycles. The second-order valence-electron chi connectivity index (χ2n) is 8.04. The minimum atomic E-state index is -0.279. The fourth-order valence-corrected chi connectivity index (χ4v) is 4.13. The molecule has 1 N–H and O–H groups in total. The van der Waals surface area contributed by atoms with E-state index in [4.69, 9.17) is 0 Å². The van der Waals surface area contributed by atoms with Gasteiger partial charge in [-0.1, -0.05) is 12.1 Å². The average molecular weight is 391 g/mol. The van der Waals surface area contributed by atoms with Crippen molar-refractivity contribution in [2.45, 2.75) is 31.7 Å². The van der Waals surface area contributed by atoms with Gasteiger partial charge in [0.1, 0.15) is 5.82 Å². The van der Waals surface area contributed by atoms with Crippen LogP contribution in [0.15, 0.2) is 24.3 Å². The summed E-state index contributed by atoms with van der Waals surface area (Å²) in [4.78, 5) is 31.1. The maximum absolute atomic E-state index is 13.6. The van der Waals surface area contributed by atoms with E-state index >= 15 is 0 Å². The first-order chi connectivity index (χ1) is 13.5. The van der Waals surface area contributed by atoms with Gasteiger partial charge in [0.15, 0.2) is 0 Å². The lowest BCUT2D eigenvalue weighted by atomic mass is 9.97. The van der Waals surface area contributed by atoms with Gasteiger partial charge in [-0.15, -0.1) is 0 Å². The molecule has 2 aliphatic rings. The zero-order chi connectivity index (χ0) is 20.1. The molecule has 6 nitrogen and oxygen atoms in total. The molecule has 2 aliphatic heterocycles. The number of nitrogens with one attached hydrogen (secondary N) is 1. The molecule has 2 atom stereocenters. The molecule has 154 valence electrons. The Bertz CT molecular complexity index is 691. The number of urea groups is 1. The molecule has 0 radical (unpaired) electrons. The van der Waals surface area contributed by atoms with Crippen LogP contribution < -0.4 is 5.32 Å². The zero-order valence-corrected chi connectivity index (χ0v) is 16.9. The quantitative estimate of drug-likeness (QED) is 0.840. The van der Waals surface area contributed by atoms with E-state index in [-0.39, 0.29) is 29.7 Å². The highest BCUT2D eigenvalue weighted by molar-refractivity contribution is 5.81. The molecular formula is C21H31FN4O2. The molecule has 1 aromatic carbocycles. The molecule has 1 aromatic rings. The third-order valence-corrected chi connectivity index (χ3v) is 5.77. The molecule has 0 aromatic heterocycles. The van der Waals surface area contributed by atoms with E-state index in [1.807, 2.05) is 34.9 Å². The molecule has 2 heterocycles. The van der Waals surface area contributed by atoms with Gasteiger partial charge in [-0.3, -0.25) is 4.79 Å². The summed E-state index contributed by atoms with van der Waals surface area (Å²) in [6.45, 7) is 3.26. The van der Waals surface area contributed by atoms with Crippen LogP contribution in [0.5, 0.6) is 0 Å². The van der Waals surface area contributed by atoms with Gasteiger partial charge in [0.2, 0.25) is 5.91 Å². The van der Waals surface area contributed by atoms with Crippen LogP contribution in [0.2, 0.25) is 0 Å². The van der Waals surface area contributed by atoms with E-state index in [0.717, 1.165) is 50.9 Å². The van der Waals surface area contributed by atoms with Crippen molar-refractivity contribution in [3.05, 3.63) is 35.6 Å². The summed E-state index contributed by atoms with van der Waals surface area (Å²) < 4.78 is 13.6. The molecular weight excluding hydrogens is 359 g/mol. The third kappa shape index (κ3) is 5.01. The van der Waals surface area contributed by atoms with E-state index < -0.39 is 0 Å². The Kier molecular flexibility index (Phi) is 6.88. The summed E-state index contributed by atoms with van der Waals surface area (Å²) in [6.07, 6.45) is 3.77. The Morgan fingerprint density at radius 2 is 1.89 bits per heavy atom. The van der Waals surface area contributed by atoms with Crippen molar-refractivity contribution in [2.75, 3.05) is 46.8 Å². The van der Waals surface area contributed by atoms with Gasteiger partial charge in [0, 0.05) is 32.7 Å². The predicted octanol–water partition coefficient (Wildman–Crippen LogP) is 2.47. The zero-order valence-electron chi connectivity index (χ0n) is 16.9. The first kappa shape index (κ1) is 20.6. The number of benzene rings is 1. The predicted molar refractivity (Wildman–Crippen MR) is 106 cm³/mol. The first-order valence-electron chi connectivity index (χ1n) is 10.2. The van der Waals surface area contributed by atoms with E-state index in [1.54, 1.807) is 6.07 Å². The van der Waals surface area contributed by atoms with Crippen molar-refractivity contribution in [2.24, 2.45) is 5.92 Å². The number of nitrogens with zero attached hydrogens (tertiary/aromatic N) is 3. The summed E-state index contributed by atoms with van der Waals surface area (Å²) in [7, 11) is 3.83. The summed E-state index contributed by atoms with van der Waals surface area (Å²) in [6, 6.07) is 6.45. The van der Waals surface area contributed by atoms with Crippen molar-refractivity contribution in [1.29, 1.82) is 0 Å². The van der Waals surface area contributed by atoms with Crippen LogP contribution in [-0.4, -0.2) is 73.5 Å². The molecule has 28 heavy (non-hydrogen) atoms. The number of carbonyl (C=O) groups is 2. The minimum absolute atomic E-state index is 0.0258. The van der Waals surface area contributed by atoms with Crippen LogP contribution in [0.4, 0.5) is 9.18 Å². The Morgan fingerprint density at radius 1 is 1.18 bits per heavy atom. The van der Waals surface area contributed by atoms with Crippen LogP contribution >= 0.6 is 0 Å². The van der Waals surface area contributed by atoms with Crippen LogP contribution in [-0.2, 0) is 4.79 Å². The first-order valence-corrected chi connectivity index (χ1v) is 10.2. The number of amides is 3. The molecule has 0 spiro atoms. The molecule has 0 unspecified atom stereocenters. The SMILES string of the molecule is CN(C)[C@@H](CNC(=O)[C@H]1CCCN(C(=O)N2CCCC2)C1)c1cccc(F)c1. The molecule has 3 rings (SSSR count). The smallest absolute Gasteiger partial charge is 0.320 e. The number of carbonyl (C=O) groups excluding carboxylic acids is 2. The third-order valence-electron chi connectivity index (χ3n) is 5.77. The largest absolute Gasteiger partial charge is 0.354 e. The number of rotatable bonds is 5. The van der Waals surface area contributed by atoms with Gasteiger partial charge >= 0.3 is 6.03 Å². The van der Waals surface area contributed by atoms with Crippen LogP contribution in [0, 0.1) is 11.7 Å². The highest BCUT2D eigenvalue weighted by atomic mass is 19.1. The van der Waals surface area contributed by atoms with Gasteiger partial charge in [-0.05, 0) is 57.5 Å². The van der Waals surface area contributed by atoms with Gasteiger partial charge in [-0.25, -0.2) is 9.18 Å². The lowest BCUT2D eigenvalue weighted by molar-refractivity contribution is -0.126. The lowest BCUT2D eigenvalue weighted by Crippen LogP contribution is -2.50. The monoisotopic (exact) mass is 390 g/mol. The number of halogens is 1. The second kappa shape index (κ2) is 9.37. The Labute approximate surface area is 166 Å². The van der Waals surface area contributed by atoms with Gasteiger partial charge in [0.05, 0.1) is 12.0 Å². The maximum atomic E-state index is 13.6. The minimum Gasteiger partial charge on any atom is -0.354 e. The number of hydrogen-bond acceptors (Lipinski definition) is 3. The van der Waals surface area contributed by atoms with Crippen molar-refractivity contribution in [1.82, 2.24) is 20.0 Å². The Balaban J connectivity index is 1.56. The summed E-state index contributed by atoms with van der Waals surface area (Å²) in [5, 5.41) is 3.03. The van der Waals surface area contributed by atoms with Gasteiger partial charge < -0.3 is 20.0 Å². The van der Waals surface area contributed by atoms with Crippen molar-refractivity contribution in [3.8, 4) is 0 Å². The fourth-order valence-electron chi connectivity index (χ4n) is 4.13. The number of hydrogen-bond donors (Lipinski definition) is 1. The highest BCUT2D eigenvalue weighted by Gasteiger charge is 2.31. The number of likely N-dealkylation sites (N-methyl/N-ethyl adjacent to an activating group) is 1. The maximum Gasteiger partial charge on any atom is 0.320 e. The molecule has 0 aliphatic carbocycles. The Morgan fingerprint density at radius 3 is 2.57 bits per heavy atom. The number of piperidine rings is 1. The summed E-state index contributed by atoms with van der Waals surface area (Å²) >= 11 is 0. The fraction of sp³-hybridized carbons (Fsp3) is 0.619. The number of likely N-dealkylation sites (tertiary alicyclic amines) is 2. The average Bonchev–Trinajstić information content (AvgIpc) is 3.22. The van der Waals surface area contributed by atoms with Crippen LogP contribution in [0.1, 0.15) is 37.3 Å². The van der Waals surface area contributed by atoms with E-state index in [2.05, 4.69) is 5.32 Å². The standard InChI is InChI=1S/C21H31FN4O2/c1-24(2)19(16-7-5-9-18(22)13-16)14-23-20(27)17-8-6-12-26(15-17)21(28)25-10-3-4-11-25/h5,7,9,13,17,19H,3-4,6,8,10-12,14-15H2,1-2H3,(H,23,27)/t17-,19-/m0/s1. The van der Waals surface area contributed by atoms with Crippen LogP contribution in [0.3, 0.4) is 0 Å². The normalized spacial score (nSPS) is 21.1. The van der Waals surface area contributed by atoms with E-state index in [0.29, 0.717) is 13.1 Å². The van der Waals surface area contributed by atoms with E-state index in [1.165, 1.54) is 12.1 Å². The molecule has 2 saturated heterocycles. The lowest BCUT2D eigenvalue weighted by Gasteiger charge is -2.35. The second-order valence-corrected chi connectivity index (χ2v) is 8.04. The molecule has 0 bridgehead atoms. The van der Waals surface area contributed by atoms with Crippen molar-refractivity contribution < 1.29 is 14.0 Å². The van der Waals surface area contributed by atoms with Gasteiger partial charge in [0.25, 0.3) is 0 Å². The highest BCUT2D eigenvalue weighted by Crippen LogP contribution is 2.21. The topological polar surface area (TPSA) is 55.9 Å². The van der Waals surface area contributed by atoms with Gasteiger partial charge in [-0.2, -0.15) is 0 Å². The molecule has 2 fully saturated rings. The Hall–Kier alpha value is -2.15. The van der Waals surface area contributed by atoms with Crippen molar-refractivity contribution >= 4 is 11.9 Å². The van der Waals surface area contributed by atoms with Crippen molar-refractivity contribution in [3.63, 3.8) is 0 Å². The summed E-state index contributed by atoms with van der Waals surface area (Å²) in [5.41, 5.74) is 0.833. The molecule has 7 heteroatoms. The molecule has 3 amide bonds. The van der Waals surface area contributed by atoms with E-state index in [9.17, 15) is 14.0 Å².